The highest BCUT2D eigenvalue weighted by Crippen LogP contribution is 2.27. The maximum absolute atomic E-state index is 12.2. The van der Waals surface area contributed by atoms with E-state index in [0.29, 0.717) is 17.9 Å². The summed E-state index contributed by atoms with van der Waals surface area (Å²) in [6, 6.07) is 10.8. The number of thiophene rings is 1. The molecule has 0 fully saturated rings. The molecular formula is C20H21NO4S. The van der Waals surface area contributed by atoms with E-state index < -0.39 is 0 Å². The number of likely N-dealkylation sites (N-methyl/N-ethyl adjacent to an activating group) is 1. The highest BCUT2D eigenvalue weighted by Gasteiger charge is 2.13. The third kappa shape index (κ3) is 4.14. The molecule has 3 rings (SSSR count). The largest absolute Gasteiger partial charge is 0.484 e. The summed E-state index contributed by atoms with van der Waals surface area (Å²) in [6.45, 7) is 4.55. The molecule has 0 N–H and O–H groups in total. The van der Waals surface area contributed by atoms with Crippen molar-refractivity contribution >= 4 is 28.2 Å². The van der Waals surface area contributed by atoms with Crippen LogP contribution in [0.3, 0.4) is 0 Å². The van der Waals surface area contributed by atoms with Crippen molar-refractivity contribution in [2.75, 3.05) is 13.7 Å². The van der Waals surface area contributed by atoms with Crippen LogP contribution in [0.2, 0.25) is 0 Å². The Morgan fingerprint density at radius 3 is 2.77 bits per heavy atom. The standard InChI is InChI=1S/C20H21NO4S/c1-13(2)17-10-20(23)25-18-9-14(6-7-16(17)18)24-12-19(22)21(3)11-15-5-4-8-26-15/h4-10,13H,11-12H2,1-3H3. The molecule has 0 aliphatic carbocycles. The number of fused-ring (bicyclic) bond motifs is 1. The van der Waals surface area contributed by atoms with E-state index in [1.165, 1.54) is 6.07 Å². The molecule has 1 aromatic carbocycles. The Morgan fingerprint density at radius 2 is 2.08 bits per heavy atom. The second kappa shape index (κ2) is 7.74. The van der Waals surface area contributed by atoms with Crippen LogP contribution in [0.5, 0.6) is 5.75 Å². The number of hydrogen-bond donors (Lipinski definition) is 0. The van der Waals surface area contributed by atoms with Crippen LogP contribution in [0.1, 0.15) is 30.2 Å². The van der Waals surface area contributed by atoms with Gasteiger partial charge in [0.25, 0.3) is 5.91 Å². The fraction of sp³-hybridized carbons (Fsp3) is 0.300. The van der Waals surface area contributed by atoms with E-state index in [9.17, 15) is 9.59 Å². The van der Waals surface area contributed by atoms with Gasteiger partial charge in [-0.2, -0.15) is 0 Å². The van der Waals surface area contributed by atoms with Gasteiger partial charge < -0.3 is 14.1 Å². The predicted molar refractivity (Wildman–Crippen MR) is 103 cm³/mol. The molecule has 0 unspecified atom stereocenters. The summed E-state index contributed by atoms with van der Waals surface area (Å²) < 4.78 is 10.9. The van der Waals surface area contributed by atoms with E-state index >= 15 is 0 Å². The van der Waals surface area contributed by atoms with E-state index in [0.717, 1.165) is 15.8 Å². The highest BCUT2D eigenvalue weighted by atomic mass is 32.1. The first-order valence-electron chi connectivity index (χ1n) is 8.41. The number of carbonyl (C=O) groups excluding carboxylic acids is 1. The number of carbonyl (C=O) groups is 1. The van der Waals surface area contributed by atoms with Gasteiger partial charge in [0, 0.05) is 29.4 Å². The first-order chi connectivity index (χ1) is 12.4. The highest BCUT2D eigenvalue weighted by molar-refractivity contribution is 7.09. The van der Waals surface area contributed by atoms with E-state index in [1.54, 1.807) is 35.4 Å². The third-order valence-corrected chi connectivity index (χ3v) is 4.99. The number of nitrogens with zero attached hydrogens (tertiary/aromatic N) is 1. The summed E-state index contributed by atoms with van der Waals surface area (Å²) >= 11 is 1.61. The molecule has 26 heavy (non-hydrogen) atoms. The van der Waals surface area contributed by atoms with Crippen molar-refractivity contribution in [1.29, 1.82) is 0 Å². The maximum atomic E-state index is 12.2. The number of amides is 1. The quantitative estimate of drug-likeness (QED) is 0.614. The molecule has 6 heteroatoms. The average molecular weight is 371 g/mol. The van der Waals surface area contributed by atoms with E-state index in [1.807, 2.05) is 37.4 Å². The molecular weight excluding hydrogens is 350 g/mol. The predicted octanol–water partition coefficient (Wildman–Crippen LogP) is 4.02. The normalized spacial score (nSPS) is 11.1. The molecule has 2 heterocycles. The van der Waals surface area contributed by atoms with Gasteiger partial charge in [0.2, 0.25) is 0 Å². The zero-order valence-electron chi connectivity index (χ0n) is 15.0. The summed E-state index contributed by atoms with van der Waals surface area (Å²) in [5.41, 5.74) is 1.03. The van der Waals surface area contributed by atoms with Crippen molar-refractivity contribution < 1.29 is 13.9 Å². The molecule has 0 saturated heterocycles. The number of benzene rings is 1. The van der Waals surface area contributed by atoms with Crippen LogP contribution in [0, 0.1) is 0 Å². The first kappa shape index (κ1) is 18.2. The fourth-order valence-electron chi connectivity index (χ4n) is 2.72. The Labute approximate surface area is 155 Å². The van der Waals surface area contributed by atoms with Gasteiger partial charge >= 0.3 is 5.63 Å². The van der Waals surface area contributed by atoms with Gasteiger partial charge in [-0.05, 0) is 35.1 Å². The lowest BCUT2D eigenvalue weighted by Gasteiger charge is -2.16. The number of rotatable bonds is 6. The fourth-order valence-corrected chi connectivity index (χ4v) is 3.47. The summed E-state index contributed by atoms with van der Waals surface area (Å²) in [5, 5.41) is 2.87. The number of ether oxygens (including phenoxy) is 1. The van der Waals surface area contributed by atoms with Gasteiger partial charge in [0.1, 0.15) is 11.3 Å². The van der Waals surface area contributed by atoms with Crippen molar-refractivity contribution in [2.24, 2.45) is 0 Å². The Morgan fingerprint density at radius 1 is 1.27 bits per heavy atom. The molecule has 2 aromatic heterocycles. The van der Waals surface area contributed by atoms with Crippen molar-refractivity contribution in [3.63, 3.8) is 0 Å². The Kier molecular flexibility index (Phi) is 5.42. The lowest BCUT2D eigenvalue weighted by atomic mass is 10.00. The third-order valence-electron chi connectivity index (χ3n) is 4.13. The minimum Gasteiger partial charge on any atom is -0.484 e. The van der Waals surface area contributed by atoms with Crippen LogP contribution in [-0.2, 0) is 11.3 Å². The number of hydrogen-bond acceptors (Lipinski definition) is 5. The SMILES string of the molecule is CC(C)c1cc(=O)oc2cc(OCC(=O)N(C)Cc3cccs3)ccc12. The zero-order chi connectivity index (χ0) is 18.7. The zero-order valence-corrected chi connectivity index (χ0v) is 15.8. The van der Waals surface area contributed by atoms with Crippen molar-refractivity contribution in [2.45, 2.75) is 26.3 Å². The van der Waals surface area contributed by atoms with E-state index in [-0.39, 0.29) is 24.1 Å². The smallest absolute Gasteiger partial charge is 0.336 e. The van der Waals surface area contributed by atoms with Crippen molar-refractivity contribution in [1.82, 2.24) is 4.90 Å². The van der Waals surface area contributed by atoms with Crippen LogP contribution >= 0.6 is 11.3 Å². The van der Waals surface area contributed by atoms with Gasteiger partial charge in [-0.1, -0.05) is 19.9 Å². The molecule has 0 bridgehead atoms. The minimum atomic E-state index is -0.384. The summed E-state index contributed by atoms with van der Waals surface area (Å²) in [7, 11) is 1.75. The molecule has 136 valence electrons. The summed E-state index contributed by atoms with van der Waals surface area (Å²) in [6.07, 6.45) is 0. The molecule has 1 amide bonds. The first-order valence-corrected chi connectivity index (χ1v) is 9.29. The monoisotopic (exact) mass is 371 g/mol. The van der Waals surface area contributed by atoms with Gasteiger partial charge in [0.05, 0.1) is 6.54 Å². The molecule has 0 atom stereocenters. The van der Waals surface area contributed by atoms with Gasteiger partial charge in [-0.15, -0.1) is 11.3 Å². The topological polar surface area (TPSA) is 59.8 Å². The van der Waals surface area contributed by atoms with Gasteiger partial charge in [-0.3, -0.25) is 4.79 Å². The second-order valence-electron chi connectivity index (χ2n) is 6.45. The molecule has 0 aliphatic heterocycles. The molecule has 0 spiro atoms. The average Bonchev–Trinajstić information content (AvgIpc) is 3.11. The van der Waals surface area contributed by atoms with Gasteiger partial charge in [-0.25, -0.2) is 4.79 Å². The maximum Gasteiger partial charge on any atom is 0.336 e. The van der Waals surface area contributed by atoms with E-state index in [2.05, 4.69) is 0 Å². The Hall–Kier alpha value is -2.60. The van der Waals surface area contributed by atoms with Crippen molar-refractivity contribution in [3.8, 4) is 5.75 Å². The van der Waals surface area contributed by atoms with Crippen LogP contribution in [0.15, 0.2) is 51.0 Å². The molecule has 3 aromatic rings. The van der Waals surface area contributed by atoms with E-state index in [4.69, 9.17) is 9.15 Å². The molecule has 0 aliphatic rings. The van der Waals surface area contributed by atoms with Crippen molar-refractivity contribution in [3.05, 3.63) is 62.6 Å². The summed E-state index contributed by atoms with van der Waals surface area (Å²) in [4.78, 5) is 26.7. The van der Waals surface area contributed by atoms with Crippen LogP contribution in [0.4, 0.5) is 0 Å². The van der Waals surface area contributed by atoms with Crippen LogP contribution < -0.4 is 10.4 Å². The lowest BCUT2D eigenvalue weighted by Crippen LogP contribution is -2.30. The molecule has 0 radical (unpaired) electrons. The second-order valence-corrected chi connectivity index (χ2v) is 7.48. The van der Waals surface area contributed by atoms with Crippen LogP contribution in [0.25, 0.3) is 11.0 Å². The Balaban J connectivity index is 1.71. The molecule has 0 saturated carbocycles. The van der Waals surface area contributed by atoms with Gasteiger partial charge in [0.15, 0.2) is 6.61 Å². The van der Waals surface area contributed by atoms with Crippen LogP contribution in [-0.4, -0.2) is 24.5 Å². The molecule has 5 nitrogen and oxygen atoms in total. The lowest BCUT2D eigenvalue weighted by molar-refractivity contribution is -0.132. The minimum absolute atomic E-state index is 0.0680. The Bertz CT molecular complexity index is 960. The summed E-state index contributed by atoms with van der Waals surface area (Å²) in [5.74, 6) is 0.594.